The quantitative estimate of drug-likeness (QED) is 0.583. The smallest absolute Gasteiger partial charge is 0.345 e. The number of carboxylic acids is 1. The van der Waals surface area contributed by atoms with Crippen LogP contribution in [0.5, 0.6) is 0 Å². The normalized spacial score (nSPS) is 19.2. The van der Waals surface area contributed by atoms with Gasteiger partial charge in [-0.25, -0.2) is 14.8 Å². The highest BCUT2D eigenvalue weighted by atomic mass is 32.3. The maximum Gasteiger partial charge on any atom is 0.345 e. The van der Waals surface area contributed by atoms with Crippen LogP contribution < -0.4 is 0 Å². The van der Waals surface area contributed by atoms with Gasteiger partial charge in [-0.05, 0) is 88.3 Å². The second kappa shape index (κ2) is 7.07. The van der Waals surface area contributed by atoms with Gasteiger partial charge in [0.25, 0.3) is 0 Å². The number of carboxylic acid groups (broad SMARTS) is 1. The predicted octanol–water partition coefficient (Wildman–Crippen LogP) is 6.99. The van der Waals surface area contributed by atoms with Gasteiger partial charge in [0.1, 0.15) is 4.88 Å². The van der Waals surface area contributed by atoms with Crippen molar-refractivity contribution in [2.45, 2.75) is 51.4 Å². The Kier molecular flexibility index (Phi) is 5.35. The van der Waals surface area contributed by atoms with Gasteiger partial charge in [-0.2, -0.15) is 0 Å². The first-order valence-corrected chi connectivity index (χ1v) is 13.4. The number of thiophene rings is 1. The largest absolute Gasteiger partial charge is 0.477 e. The first-order chi connectivity index (χ1) is 12.8. The standard InChI is InChI=1S/C24H32O2S2/c1-23(2)12-13-24(3,4)19-14-16(8-10-18(19)23)21(28(5,6)7)15-17-9-11-20(27-17)22(25)26/h8-11,14-15H,12-13H2,1-7H3,(H,25,26)/b21-15-. The molecule has 152 valence electrons. The summed E-state index contributed by atoms with van der Waals surface area (Å²) in [7, 11) is -0.999. The molecule has 0 unspecified atom stereocenters. The van der Waals surface area contributed by atoms with Gasteiger partial charge in [0, 0.05) is 4.88 Å². The fraction of sp³-hybridized carbons (Fsp3) is 0.458. The molecule has 1 aromatic carbocycles. The molecular weight excluding hydrogens is 384 g/mol. The average molecular weight is 417 g/mol. The summed E-state index contributed by atoms with van der Waals surface area (Å²) in [4.78, 5) is 14.0. The van der Waals surface area contributed by atoms with E-state index in [2.05, 4.69) is 70.7 Å². The molecule has 2 nitrogen and oxygen atoms in total. The average Bonchev–Trinajstić information content (AvgIpc) is 3.05. The van der Waals surface area contributed by atoms with Gasteiger partial charge in [-0.3, -0.25) is 0 Å². The van der Waals surface area contributed by atoms with E-state index < -0.39 is 16.0 Å². The van der Waals surface area contributed by atoms with Crippen LogP contribution in [-0.2, 0) is 10.8 Å². The molecule has 0 spiro atoms. The third-order valence-corrected chi connectivity index (χ3v) is 8.60. The second-order valence-electron chi connectivity index (χ2n) is 9.88. The Morgan fingerprint density at radius 1 is 1.00 bits per heavy atom. The summed E-state index contributed by atoms with van der Waals surface area (Å²) in [5.41, 5.74) is 4.61. The minimum Gasteiger partial charge on any atom is -0.477 e. The lowest BCUT2D eigenvalue weighted by Gasteiger charge is -2.42. The Balaban J connectivity index is 2.14. The van der Waals surface area contributed by atoms with Crippen molar-refractivity contribution >= 4 is 38.3 Å². The Labute approximate surface area is 175 Å². The minimum absolute atomic E-state index is 0.179. The van der Waals surface area contributed by atoms with E-state index in [0.29, 0.717) is 4.88 Å². The van der Waals surface area contributed by atoms with Gasteiger partial charge in [0.05, 0.1) is 0 Å². The number of aromatic carboxylic acids is 1. The van der Waals surface area contributed by atoms with E-state index >= 15 is 0 Å². The van der Waals surface area contributed by atoms with Crippen LogP contribution in [-0.4, -0.2) is 29.8 Å². The van der Waals surface area contributed by atoms with Crippen LogP contribution in [0, 0.1) is 0 Å². The first kappa shape index (κ1) is 21.2. The van der Waals surface area contributed by atoms with Gasteiger partial charge in [0.15, 0.2) is 0 Å². The molecule has 0 radical (unpaired) electrons. The minimum atomic E-state index is -0.999. The highest BCUT2D eigenvalue weighted by Gasteiger charge is 2.37. The number of hydrogen-bond acceptors (Lipinski definition) is 2. The number of carbonyl (C=O) groups is 1. The van der Waals surface area contributed by atoms with Crippen molar-refractivity contribution in [1.82, 2.24) is 0 Å². The molecule has 0 bridgehead atoms. The Bertz CT molecular complexity index is 940. The molecule has 1 aliphatic rings. The Morgan fingerprint density at radius 3 is 2.14 bits per heavy atom. The van der Waals surface area contributed by atoms with Crippen LogP contribution in [0.3, 0.4) is 0 Å². The summed E-state index contributed by atoms with van der Waals surface area (Å²) in [6, 6.07) is 10.6. The molecule has 3 rings (SSSR count). The zero-order chi connectivity index (χ0) is 20.9. The van der Waals surface area contributed by atoms with Crippen LogP contribution in [0.4, 0.5) is 0 Å². The van der Waals surface area contributed by atoms with Crippen LogP contribution in [0.15, 0.2) is 30.3 Å². The number of hydrogen-bond donors (Lipinski definition) is 1. The fourth-order valence-corrected chi connectivity index (χ4v) is 6.21. The molecule has 4 heteroatoms. The molecule has 0 amide bonds. The van der Waals surface area contributed by atoms with Crippen molar-refractivity contribution < 1.29 is 9.90 Å². The third-order valence-electron chi connectivity index (χ3n) is 5.91. The molecule has 0 saturated carbocycles. The van der Waals surface area contributed by atoms with Crippen LogP contribution >= 0.6 is 21.4 Å². The predicted molar refractivity (Wildman–Crippen MR) is 126 cm³/mol. The maximum absolute atomic E-state index is 11.3. The molecule has 2 aromatic rings. The van der Waals surface area contributed by atoms with E-state index in [-0.39, 0.29) is 10.8 Å². The molecule has 0 saturated heterocycles. The van der Waals surface area contributed by atoms with Crippen LogP contribution in [0.2, 0.25) is 0 Å². The lowest BCUT2D eigenvalue weighted by Crippen LogP contribution is -2.33. The molecule has 0 aliphatic heterocycles. The molecule has 1 heterocycles. The van der Waals surface area contributed by atoms with E-state index in [1.54, 1.807) is 6.07 Å². The first-order valence-electron chi connectivity index (χ1n) is 9.70. The monoisotopic (exact) mass is 416 g/mol. The second-order valence-corrected chi connectivity index (χ2v) is 15.1. The number of rotatable bonds is 4. The molecule has 1 N–H and O–H groups in total. The highest BCUT2D eigenvalue weighted by molar-refractivity contribution is 8.39. The van der Waals surface area contributed by atoms with Gasteiger partial charge in [0.2, 0.25) is 0 Å². The van der Waals surface area contributed by atoms with E-state index in [1.165, 1.54) is 45.8 Å². The van der Waals surface area contributed by atoms with Crippen molar-refractivity contribution in [2.24, 2.45) is 0 Å². The Hall–Kier alpha value is -1.52. The number of benzene rings is 1. The van der Waals surface area contributed by atoms with Crippen molar-refractivity contribution in [3.05, 3.63) is 56.8 Å². The van der Waals surface area contributed by atoms with E-state index in [9.17, 15) is 9.90 Å². The van der Waals surface area contributed by atoms with Gasteiger partial charge < -0.3 is 5.11 Å². The zero-order valence-corrected chi connectivity index (χ0v) is 19.7. The molecule has 0 atom stereocenters. The van der Waals surface area contributed by atoms with Crippen molar-refractivity contribution in [1.29, 1.82) is 0 Å². The molecule has 0 fully saturated rings. The molecule has 1 aliphatic carbocycles. The zero-order valence-electron chi connectivity index (χ0n) is 18.1. The molecular formula is C24H32O2S2. The van der Waals surface area contributed by atoms with Gasteiger partial charge in [-0.15, -0.1) is 11.3 Å². The number of fused-ring (bicyclic) bond motifs is 1. The Morgan fingerprint density at radius 2 is 1.61 bits per heavy atom. The van der Waals surface area contributed by atoms with Gasteiger partial charge >= 0.3 is 5.97 Å². The van der Waals surface area contributed by atoms with E-state index in [0.717, 1.165) is 4.88 Å². The lowest BCUT2D eigenvalue weighted by molar-refractivity contribution is 0.0702. The summed E-state index contributed by atoms with van der Waals surface area (Å²) in [6.45, 7) is 9.42. The van der Waals surface area contributed by atoms with E-state index in [1.807, 2.05) is 6.07 Å². The molecule has 1 aromatic heterocycles. The summed E-state index contributed by atoms with van der Waals surface area (Å²) < 4.78 is 0. The van der Waals surface area contributed by atoms with Crippen molar-refractivity contribution in [3.63, 3.8) is 0 Å². The van der Waals surface area contributed by atoms with Crippen molar-refractivity contribution in [2.75, 3.05) is 18.8 Å². The summed E-state index contributed by atoms with van der Waals surface area (Å²) in [5.74, 6) is -0.855. The lowest BCUT2D eigenvalue weighted by atomic mass is 9.63. The van der Waals surface area contributed by atoms with E-state index in [4.69, 9.17) is 0 Å². The summed E-state index contributed by atoms with van der Waals surface area (Å²) in [6.07, 6.45) is 11.5. The topological polar surface area (TPSA) is 37.3 Å². The summed E-state index contributed by atoms with van der Waals surface area (Å²) >= 11 is 1.35. The maximum atomic E-state index is 11.3. The highest BCUT2D eigenvalue weighted by Crippen LogP contribution is 2.54. The van der Waals surface area contributed by atoms with Crippen molar-refractivity contribution in [3.8, 4) is 0 Å². The van der Waals surface area contributed by atoms with Crippen LogP contribution in [0.1, 0.15) is 71.8 Å². The molecule has 28 heavy (non-hydrogen) atoms. The SMILES string of the molecule is CC1(C)CCC(C)(C)c2cc(/C(=C/c3ccc(C(=O)O)s3)S(C)(C)C)ccc21. The third kappa shape index (κ3) is 4.08. The van der Waals surface area contributed by atoms with Gasteiger partial charge in [-0.1, -0.05) is 39.8 Å². The fourth-order valence-electron chi connectivity index (χ4n) is 4.03. The summed E-state index contributed by atoms with van der Waals surface area (Å²) in [5, 5.41) is 9.24. The van der Waals surface area contributed by atoms with Crippen LogP contribution in [0.25, 0.3) is 11.0 Å².